The van der Waals surface area contributed by atoms with Crippen LogP contribution in [0.3, 0.4) is 0 Å². The first-order valence-corrected chi connectivity index (χ1v) is 8.22. The minimum Gasteiger partial charge on any atom is -0.492 e. The maximum Gasteiger partial charge on any atom is 0.243 e. The largest absolute Gasteiger partial charge is 0.492 e. The first kappa shape index (κ1) is 16.3. The number of anilines is 2. The van der Waals surface area contributed by atoms with Crippen molar-refractivity contribution >= 4 is 17.3 Å². The van der Waals surface area contributed by atoms with Gasteiger partial charge in [-0.1, -0.05) is 12.1 Å². The molecule has 0 fully saturated rings. The van der Waals surface area contributed by atoms with Crippen LogP contribution in [0.25, 0.3) is 0 Å². The molecule has 1 aliphatic heterocycles. The summed E-state index contributed by atoms with van der Waals surface area (Å²) in [7, 11) is 0. The van der Waals surface area contributed by atoms with Crippen molar-refractivity contribution in [3.8, 4) is 5.75 Å². The number of aryl methyl sites for hydroxylation is 1. The number of nitrogens with one attached hydrogen (secondary N) is 1. The lowest BCUT2D eigenvalue weighted by molar-refractivity contribution is -0.115. The Balaban J connectivity index is 1.70. The number of para-hydroxylation sites is 2. The fourth-order valence-electron chi connectivity index (χ4n) is 3.02. The van der Waals surface area contributed by atoms with Crippen LogP contribution in [0.2, 0.25) is 0 Å². The molecular weight excluding hydrogens is 307 g/mol. The van der Waals surface area contributed by atoms with E-state index >= 15 is 0 Å². The minimum absolute atomic E-state index is 0.112. The third-order valence-electron chi connectivity index (χ3n) is 4.05. The van der Waals surface area contributed by atoms with Gasteiger partial charge in [0, 0.05) is 12.2 Å². The van der Waals surface area contributed by atoms with Crippen molar-refractivity contribution in [1.82, 2.24) is 0 Å². The topological polar surface area (TPSA) is 41.6 Å². The monoisotopic (exact) mass is 328 g/mol. The van der Waals surface area contributed by atoms with Crippen LogP contribution in [0.5, 0.6) is 5.75 Å². The van der Waals surface area contributed by atoms with E-state index in [1.54, 1.807) is 12.1 Å². The number of rotatable bonds is 5. The lowest BCUT2D eigenvalue weighted by Crippen LogP contribution is -2.36. The molecule has 126 valence electrons. The molecule has 0 aromatic heterocycles. The number of ether oxygens (including phenoxy) is 1. The summed E-state index contributed by atoms with van der Waals surface area (Å²) in [5, 5.41) is 2.91. The molecule has 0 unspecified atom stereocenters. The van der Waals surface area contributed by atoms with Gasteiger partial charge in [0.1, 0.15) is 11.6 Å². The summed E-state index contributed by atoms with van der Waals surface area (Å²) in [6, 6.07) is 12.1. The van der Waals surface area contributed by atoms with Crippen molar-refractivity contribution in [2.75, 3.05) is 29.9 Å². The lowest BCUT2D eigenvalue weighted by Gasteiger charge is -2.30. The van der Waals surface area contributed by atoms with Crippen molar-refractivity contribution < 1.29 is 13.9 Å². The fourth-order valence-corrected chi connectivity index (χ4v) is 3.02. The molecule has 0 saturated carbocycles. The quantitative estimate of drug-likeness (QED) is 0.911. The summed E-state index contributed by atoms with van der Waals surface area (Å²) in [5.74, 6) is 0.319. The second-order valence-electron chi connectivity index (χ2n) is 5.78. The molecule has 1 amide bonds. The Bertz CT molecular complexity index is 733. The van der Waals surface area contributed by atoms with E-state index in [1.807, 2.05) is 36.1 Å². The van der Waals surface area contributed by atoms with Crippen molar-refractivity contribution in [3.05, 3.63) is 53.8 Å². The zero-order valence-corrected chi connectivity index (χ0v) is 13.7. The third-order valence-corrected chi connectivity index (χ3v) is 4.05. The number of hydrogen-bond donors (Lipinski definition) is 1. The summed E-state index contributed by atoms with van der Waals surface area (Å²) >= 11 is 0. The number of carbonyl (C=O) groups is 1. The van der Waals surface area contributed by atoms with Crippen LogP contribution in [0.1, 0.15) is 18.9 Å². The Morgan fingerprint density at radius 1 is 1.29 bits per heavy atom. The highest BCUT2D eigenvalue weighted by Gasteiger charge is 2.20. The predicted molar refractivity (Wildman–Crippen MR) is 93.2 cm³/mol. The molecule has 2 aromatic rings. The van der Waals surface area contributed by atoms with Crippen molar-refractivity contribution in [2.45, 2.75) is 19.8 Å². The molecule has 0 bridgehead atoms. The number of halogens is 1. The summed E-state index contributed by atoms with van der Waals surface area (Å²) in [6.45, 7) is 3.47. The van der Waals surface area contributed by atoms with Crippen LogP contribution < -0.4 is 15.0 Å². The van der Waals surface area contributed by atoms with Gasteiger partial charge in [-0.15, -0.1) is 0 Å². The van der Waals surface area contributed by atoms with Gasteiger partial charge in [-0.05, 0) is 55.7 Å². The van der Waals surface area contributed by atoms with Crippen LogP contribution in [0.4, 0.5) is 15.8 Å². The number of amides is 1. The van der Waals surface area contributed by atoms with E-state index < -0.39 is 0 Å². The number of carbonyl (C=O) groups excluding carboxylic acids is 1. The molecule has 1 heterocycles. The summed E-state index contributed by atoms with van der Waals surface area (Å²) in [6.07, 6.45) is 1.76. The Kier molecular flexibility index (Phi) is 4.99. The molecule has 1 aliphatic rings. The van der Waals surface area contributed by atoms with Gasteiger partial charge in [0.15, 0.2) is 0 Å². The highest BCUT2D eigenvalue weighted by molar-refractivity contribution is 5.95. The molecule has 0 spiro atoms. The van der Waals surface area contributed by atoms with Gasteiger partial charge < -0.3 is 15.0 Å². The van der Waals surface area contributed by atoms with Gasteiger partial charge in [0.2, 0.25) is 5.91 Å². The van der Waals surface area contributed by atoms with Crippen LogP contribution in [-0.4, -0.2) is 25.6 Å². The van der Waals surface area contributed by atoms with Gasteiger partial charge in [0.05, 0.1) is 18.8 Å². The third kappa shape index (κ3) is 3.67. The van der Waals surface area contributed by atoms with E-state index in [0.717, 1.165) is 30.6 Å². The van der Waals surface area contributed by atoms with Crippen LogP contribution in [0, 0.1) is 5.82 Å². The maximum absolute atomic E-state index is 13.4. The molecular formula is C19H21FN2O2. The van der Waals surface area contributed by atoms with Gasteiger partial charge in [-0.3, -0.25) is 4.79 Å². The van der Waals surface area contributed by atoms with Crippen LogP contribution >= 0.6 is 0 Å². The zero-order valence-electron chi connectivity index (χ0n) is 13.7. The highest BCUT2D eigenvalue weighted by Crippen LogP contribution is 2.28. The molecule has 4 nitrogen and oxygen atoms in total. The molecule has 5 heteroatoms. The average Bonchev–Trinajstić information content (AvgIpc) is 2.57. The Hall–Kier alpha value is -2.56. The molecule has 24 heavy (non-hydrogen) atoms. The average molecular weight is 328 g/mol. The molecule has 1 N–H and O–H groups in total. The number of hydrogen-bond acceptors (Lipinski definition) is 3. The van der Waals surface area contributed by atoms with Gasteiger partial charge >= 0.3 is 0 Å². The van der Waals surface area contributed by atoms with E-state index in [4.69, 9.17) is 4.74 Å². The number of nitrogens with zero attached hydrogens (tertiary/aromatic N) is 1. The Morgan fingerprint density at radius 2 is 2.12 bits per heavy atom. The SMILES string of the molecule is CCOc1ccccc1NC(=O)CN1CCCc2cc(F)ccc21. The van der Waals surface area contributed by atoms with E-state index in [2.05, 4.69) is 5.32 Å². The first-order valence-electron chi connectivity index (χ1n) is 8.22. The molecule has 0 radical (unpaired) electrons. The molecule has 2 aromatic carbocycles. The Labute approximate surface area is 141 Å². The van der Waals surface area contributed by atoms with E-state index in [9.17, 15) is 9.18 Å². The van der Waals surface area contributed by atoms with Crippen molar-refractivity contribution in [1.29, 1.82) is 0 Å². The van der Waals surface area contributed by atoms with Crippen molar-refractivity contribution in [2.24, 2.45) is 0 Å². The second kappa shape index (κ2) is 7.34. The van der Waals surface area contributed by atoms with Crippen LogP contribution in [-0.2, 0) is 11.2 Å². The zero-order chi connectivity index (χ0) is 16.9. The summed E-state index contributed by atoms with van der Waals surface area (Å²) in [5.41, 5.74) is 2.57. The first-order chi connectivity index (χ1) is 11.7. The molecule has 0 aliphatic carbocycles. The minimum atomic E-state index is -0.231. The van der Waals surface area contributed by atoms with Crippen LogP contribution in [0.15, 0.2) is 42.5 Å². The molecule has 0 saturated heterocycles. The van der Waals surface area contributed by atoms with Gasteiger partial charge in [0.25, 0.3) is 0 Å². The number of benzene rings is 2. The lowest BCUT2D eigenvalue weighted by atomic mass is 10.0. The fraction of sp³-hybridized carbons (Fsp3) is 0.316. The summed E-state index contributed by atoms with van der Waals surface area (Å²) < 4.78 is 18.9. The second-order valence-corrected chi connectivity index (χ2v) is 5.78. The smallest absolute Gasteiger partial charge is 0.243 e. The highest BCUT2D eigenvalue weighted by atomic mass is 19.1. The predicted octanol–water partition coefficient (Wildman–Crippen LogP) is 3.62. The van der Waals surface area contributed by atoms with Crippen molar-refractivity contribution in [3.63, 3.8) is 0 Å². The van der Waals surface area contributed by atoms with Gasteiger partial charge in [-0.2, -0.15) is 0 Å². The normalized spacial score (nSPS) is 13.3. The van der Waals surface area contributed by atoms with E-state index in [0.29, 0.717) is 18.0 Å². The maximum atomic E-state index is 13.4. The summed E-state index contributed by atoms with van der Waals surface area (Å²) in [4.78, 5) is 14.4. The van der Waals surface area contributed by atoms with Gasteiger partial charge in [-0.25, -0.2) is 4.39 Å². The standard InChI is InChI=1S/C19H21FN2O2/c1-2-24-18-8-4-3-7-16(18)21-19(23)13-22-11-5-6-14-12-15(20)9-10-17(14)22/h3-4,7-10,12H,2,5-6,11,13H2,1H3,(H,21,23). The molecule has 3 rings (SSSR count). The Morgan fingerprint density at radius 3 is 2.96 bits per heavy atom. The van der Waals surface area contributed by atoms with E-state index in [1.165, 1.54) is 6.07 Å². The van der Waals surface area contributed by atoms with E-state index in [-0.39, 0.29) is 18.3 Å². The molecule has 0 atom stereocenters. The number of fused-ring (bicyclic) bond motifs is 1.